The van der Waals surface area contributed by atoms with E-state index >= 15 is 0 Å². The van der Waals surface area contributed by atoms with Crippen LogP contribution in [0.3, 0.4) is 0 Å². The summed E-state index contributed by atoms with van der Waals surface area (Å²) in [5.41, 5.74) is 0. The van der Waals surface area contributed by atoms with Crippen molar-refractivity contribution in [3.05, 3.63) is 97.2 Å². The Bertz CT molecular complexity index is 1350. The molecular weight excluding hydrogens is 829 g/mol. The van der Waals surface area contributed by atoms with Crippen molar-refractivity contribution >= 4 is 17.9 Å². The fraction of sp³-hybridized carbons (Fsp3) is 0.689. The molecule has 0 spiro atoms. The monoisotopic (exact) mass is 931 g/mol. The minimum atomic E-state index is -0.817. The number of hydrogen-bond acceptors (Lipinski definition) is 6. The van der Waals surface area contributed by atoms with Crippen LogP contribution in [0.4, 0.5) is 0 Å². The molecule has 382 valence electrons. The van der Waals surface area contributed by atoms with Gasteiger partial charge in [0.05, 0.1) is 0 Å². The third-order valence-electron chi connectivity index (χ3n) is 11.6. The zero-order valence-corrected chi connectivity index (χ0v) is 43.6. The molecule has 0 aromatic carbocycles. The predicted molar refractivity (Wildman–Crippen MR) is 288 cm³/mol. The van der Waals surface area contributed by atoms with Gasteiger partial charge in [0.25, 0.3) is 0 Å². The third kappa shape index (κ3) is 53.2. The van der Waals surface area contributed by atoms with E-state index in [4.69, 9.17) is 14.2 Å². The molecule has 0 amide bonds. The topological polar surface area (TPSA) is 78.9 Å². The molecule has 0 bridgehead atoms. The smallest absolute Gasteiger partial charge is 0.306 e. The highest BCUT2D eigenvalue weighted by atomic mass is 16.6. The second-order valence-corrected chi connectivity index (χ2v) is 18.1. The number of rotatable bonds is 49. The lowest BCUT2D eigenvalue weighted by Crippen LogP contribution is -2.30. The van der Waals surface area contributed by atoms with Crippen LogP contribution >= 0.6 is 0 Å². The molecule has 0 N–H and O–H groups in total. The Kier molecular flexibility index (Phi) is 51.9. The SMILES string of the molecule is CC/C=C\C/C=C\CCCCCCCCCC(=O)OCC(COC(=O)CCCCCCC/C=C\C=C/CCCCCCCCC)OC(=O)CCC/C=C\C/C=C\C/C=C\C/C=C\CCCCC. The Morgan fingerprint density at radius 2 is 0.642 bits per heavy atom. The summed E-state index contributed by atoms with van der Waals surface area (Å²) in [6.07, 6.45) is 72.5. The maximum absolute atomic E-state index is 12.8. The van der Waals surface area contributed by atoms with E-state index in [-0.39, 0.29) is 37.5 Å². The molecule has 0 aliphatic heterocycles. The van der Waals surface area contributed by atoms with Crippen LogP contribution in [0.1, 0.15) is 252 Å². The average Bonchev–Trinajstić information content (AvgIpc) is 3.33. The van der Waals surface area contributed by atoms with E-state index in [2.05, 4.69) is 118 Å². The number of hydrogen-bond donors (Lipinski definition) is 0. The van der Waals surface area contributed by atoms with Crippen molar-refractivity contribution in [1.29, 1.82) is 0 Å². The van der Waals surface area contributed by atoms with E-state index in [0.29, 0.717) is 19.3 Å². The van der Waals surface area contributed by atoms with Crippen LogP contribution in [0.5, 0.6) is 0 Å². The van der Waals surface area contributed by atoms with Gasteiger partial charge in [-0.1, -0.05) is 221 Å². The highest BCUT2D eigenvalue weighted by molar-refractivity contribution is 5.71. The van der Waals surface area contributed by atoms with Crippen LogP contribution in [0.25, 0.3) is 0 Å². The van der Waals surface area contributed by atoms with Crippen LogP contribution in [-0.4, -0.2) is 37.2 Å². The molecule has 0 aromatic rings. The first kappa shape index (κ1) is 63.3. The van der Waals surface area contributed by atoms with E-state index in [9.17, 15) is 14.4 Å². The maximum atomic E-state index is 12.8. The molecular formula is C61H102O6. The summed E-state index contributed by atoms with van der Waals surface area (Å²) in [4.78, 5) is 38.1. The van der Waals surface area contributed by atoms with Crippen LogP contribution in [0, 0.1) is 0 Å². The second-order valence-electron chi connectivity index (χ2n) is 18.1. The molecule has 0 rings (SSSR count). The number of allylic oxidation sites excluding steroid dienone is 16. The summed E-state index contributed by atoms with van der Waals surface area (Å²) in [6, 6.07) is 0. The molecule has 0 radical (unpaired) electrons. The molecule has 0 heterocycles. The molecule has 0 fully saturated rings. The minimum Gasteiger partial charge on any atom is -0.462 e. The molecule has 1 atom stereocenters. The van der Waals surface area contributed by atoms with Crippen LogP contribution in [0.15, 0.2) is 97.2 Å². The maximum Gasteiger partial charge on any atom is 0.306 e. The Morgan fingerprint density at radius 3 is 1.07 bits per heavy atom. The van der Waals surface area contributed by atoms with E-state index in [1.807, 2.05) is 0 Å². The zero-order chi connectivity index (χ0) is 48.6. The minimum absolute atomic E-state index is 0.109. The lowest BCUT2D eigenvalue weighted by atomic mass is 10.1. The molecule has 0 saturated carbocycles. The molecule has 1 unspecified atom stereocenters. The first-order valence-electron chi connectivity index (χ1n) is 27.8. The molecule has 6 heteroatoms. The van der Waals surface area contributed by atoms with Gasteiger partial charge in [-0.15, -0.1) is 0 Å². The number of carbonyl (C=O) groups is 3. The first-order valence-corrected chi connectivity index (χ1v) is 27.8. The summed E-state index contributed by atoms with van der Waals surface area (Å²) in [5, 5.41) is 0. The molecule has 0 aromatic heterocycles. The largest absolute Gasteiger partial charge is 0.462 e. The van der Waals surface area contributed by atoms with Gasteiger partial charge in [-0.3, -0.25) is 14.4 Å². The average molecular weight is 931 g/mol. The van der Waals surface area contributed by atoms with Crippen molar-refractivity contribution in [3.63, 3.8) is 0 Å². The Hall–Kier alpha value is -3.67. The number of carbonyl (C=O) groups excluding carboxylic acids is 3. The fourth-order valence-corrected chi connectivity index (χ4v) is 7.40. The summed E-state index contributed by atoms with van der Waals surface area (Å²) in [7, 11) is 0. The van der Waals surface area contributed by atoms with Gasteiger partial charge in [-0.05, 0) is 109 Å². The van der Waals surface area contributed by atoms with E-state index in [1.54, 1.807) is 0 Å². The third-order valence-corrected chi connectivity index (χ3v) is 11.6. The molecule has 0 saturated heterocycles. The lowest BCUT2D eigenvalue weighted by Gasteiger charge is -2.18. The van der Waals surface area contributed by atoms with Crippen LogP contribution < -0.4 is 0 Å². The van der Waals surface area contributed by atoms with Crippen molar-refractivity contribution in [1.82, 2.24) is 0 Å². The van der Waals surface area contributed by atoms with Gasteiger partial charge < -0.3 is 14.2 Å². The Balaban J connectivity index is 4.51. The lowest BCUT2D eigenvalue weighted by molar-refractivity contribution is -0.167. The standard InChI is InChI=1S/C61H102O6/c1-4-7-10-13-16-19-22-25-28-30-32-33-36-39-42-45-48-51-54-60(63)66-57-58(56-65-59(62)53-50-47-44-41-38-35-27-24-21-18-15-12-9-6-3)67-61(64)55-52-49-46-43-40-37-34-31-29-26-23-20-17-14-11-8-5-2/h9,12,17-18,20-21,26,28-30,32-34,37,43,46,58H,4-8,10-11,13-16,19,22-25,27,31,35-36,38-42,44-45,47-57H2,1-3H3/b12-9-,20-17-,21-18-,29-26-,30-28-,33-32-,37-34-,46-43-. The summed E-state index contributed by atoms with van der Waals surface area (Å²) in [5.74, 6) is -0.989. The summed E-state index contributed by atoms with van der Waals surface area (Å²) >= 11 is 0. The fourth-order valence-electron chi connectivity index (χ4n) is 7.40. The van der Waals surface area contributed by atoms with Crippen molar-refractivity contribution in [2.45, 2.75) is 258 Å². The van der Waals surface area contributed by atoms with Gasteiger partial charge in [0.15, 0.2) is 6.10 Å². The van der Waals surface area contributed by atoms with Crippen LogP contribution in [0.2, 0.25) is 0 Å². The van der Waals surface area contributed by atoms with Gasteiger partial charge in [0, 0.05) is 19.3 Å². The molecule has 67 heavy (non-hydrogen) atoms. The Labute approximate surface area is 413 Å². The Morgan fingerprint density at radius 1 is 0.328 bits per heavy atom. The van der Waals surface area contributed by atoms with Gasteiger partial charge in [0.1, 0.15) is 13.2 Å². The van der Waals surface area contributed by atoms with Crippen molar-refractivity contribution < 1.29 is 28.6 Å². The molecule has 0 aliphatic rings. The van der Waals surface area contributed by atoms with Gasteiger partial charge in [-0.2, -0.15) is 0 Å². The highest BCUT2D eigenvalue weighted by Crippen LogP contribution is 2.13. The van der Waals surface area contributed by atoms with Crippen molar-refractivity contribution in [2.75, 3.05) is 13.2 Å². The van der Waals surface area contributed by atoms with Crippen LogP contribution in [-0.2, 0) is 28.6 Å². The van der Waals surface area contributed by atoms with Crippen molar-refractivity contribution in [3.8, 4) is 0 Å². The normalized spacial score (nSPS) is 12.8. The van der Waals surface area contributed by atoms with Gasteiger partial charge >= 0.3 is 17.9 Å². The predicted octanol–water partition coefficient (Wildman–Crippen LogP) is 18.5. The summed E-state index contributed by atoms with van der Waals surface area (Å²) < 4.78 is 16.8. The summed E-state index contributed by atoms with van der Waals surface area (Å²) in [6.45, 7) is 6.44. The van der Waals surface area contributed by atoms with Crippen molar-refractivity contribution in [2.24, 2.45) is 0 Å². The van der Waals surface area contributed by atoms with Gasteiger partial charge in [0.2, 0.25) is 0 Å². The zero-order valence-electron chi connectivity index (χ0n) is 43.6. The van der Waals surface area contributed by atoms with Gasteiger partial charge in [-0.25, -0.2) is 0 Å². The number of unbranched alkanes of at least 4 members (excludes halogenated alkanes) is 23. The van der Waals surface area contributed by atoms with E-state index in [1.165, 1.54) is 103 Å². The molecule has 6 nitrogen and oxygen atoms in total. The second kappa shape index (κ2) is 54.9. The highest BCUT2D eigenvalue weighted by Gasteiger charge is 2.19. The number of ether oxygens (including phenoxy) is 3. The first-order chi connectivity index (χ1) is 33.0. The quantitative estimate of drug-likeness (QED) is 0.0199. The van der Waals surface area contributed by atoms with E-state index in [0.717, 1.165) is 103 Å². The van der Waals surface area contributed by atoms with E-state index < -0.39 is 6.10 Å². The molecule has 0 aliphatic carbocycles. The number of esters is 3.